The summed E-state index contributed by atoms with van der Waals surface area (Å²) in [7, 11) is 1.61. The molecule has 1 aromatic heterocycles. The van der Waals surface area contributed by atoms with Crippen molar-refractivity contribution in [2.75, 3.05) is 11.9 Å². The third-order valence-electron chi connectivity index (χ3n) is 1.98. The van der Waals surface area contributed by atoms with Crippen LogP contribution in [0.1, 0.15) is 10.4 Å². The third-order valence-corrected chi connectivity index (χ3v) is 1.98. The van der Waals surface area contributed by atoms with Gasteiger partial charge in [-0.3, -0.25) is 9.69 Å². The highest BCUT2D eigenvalue weighted by atomic mass is 16.2. The lowest BCUT2D eigenvalue weighted by molar-refractivity contribution is 0.0991. The number of nitrogens with one attached hydrogen (secondary N) is 1. The van der Waals surface area contributed by atoms with Gasteiger partial charge in [0.1, 0.15) is 0 Å². The highest BCUT2D eigenvalue weighted by Gasteiger charge is 2.15. The highest BCUT2D eigenvalue weighted by molar-refractivity contribution is 6.04. The maximum atomic E-state index is 11.9. The van der Waals surface area contributed by atoms with Crippen LogP contribution in [0.3, 0.4) is 0 Å². The molecule has 1 aromatic carbocycles. The molecule has 0 saturated carbocycles. The molecule has 0 radical (unpaired) electrons. The summed E-state index contributed by atoms with van der Waals surface area (Å²) in [4.78, 5) is 13.2. The number of amides is 1. The molecule has 15 heavy (non-hydrogen) atoms. The molecular formula is C9H9N5O. The predicted molar refractivity (Wildman–Crippen MR) is 53.4 cm³/mol. The van der Waals surface area contributed by atoms with Gasteiger partial charge in [0.2, 0.25) is 5.95 Å². The molecule has 2 rings (SSSR count). The van der Waals surface area contributed by atoms with Gasteiger partial charge in [0.05, 0.1) is 0 Å². The number of carbonyl (C=O) groups excluding carboxylic acids is 1. The Kier molecular flexibility index (Phi) is 2.40. The van der Waals surface area contributed by atoms with E-state index in [-0.39, 0.29) is 5.91 Å². The van der Waals surface area contributed by atoms with E-state index in [0.29, 0.717) is 11.5 Å². The van der Waals surface area contributed by atoms with Gasteiger partial charge in [-0.25, -0.2) is 5.10 Å². The van der Waals surface area contributed by atoms with Gasteiger partial charge in [-0.2, -0.15) is 0 Å². The van der Waals surface area contributed by atoms with E-state index in [1.165, 1.54) is 4.90 Å². The van der Waals surface area contributed by atoms with Crippen molar-refractivity contribution in [2.45, 2.75) is 0 Å². The topological polar surface area (TPSA) is 74.8 Å². The Balaban J connectivity index is 2.23. The first-order valence-electron chi connectivity index (χ1n) is 4.36. The smallest absolute Gasteiger partial charge is 0.260 e. The normalized spacial score (nSPS) is 9.93. The first kappa shape index (κ1) is 9.32. The Hall–Kier alpha value is -2.24. The average Bonchev–Trinajstić information content (AvgIpc) is 2.82. The fraction of sp³-hybridized carbons (Fsp3) is 0.111. The van der Waals surface area contributed by atoms with E-state index in [9.17, 15) is 4.79 Å². The standard InChI is InChI=1S/C9H9N5O/c1-14(9-10-12-13-11-9)8(15)7-5-3-2-4-6-7/h2-6H,1H3,(H,10,11,12,13). The molecule has 1 N–H and O–H groups in total. The molecule has 1 amide bonds. The first-order valence-corrected chi connectivity index (χ1v) is 4.36. The van der Waals surface area contributed by atoms with Gasteiger partial charge in [0.15, 0.2) is 0 Å². The van der Waals surface area contributed by atoms with Crippen LogP contribution in [0.15, 0.2) is 30.3 Å². The summed E-state index contributed by atoms with van der Waals surface area (Å²) >= 11 is 0. The number of rotatable bonds is 2. The number of benzene rings is 1. The van der Waals surface area contributed by atoms with Crippen molar-refractivity contribution < 1.29 is 4.79 Å². The number of hydrogen-bond donors (Lipinski definition) is 1. The predicted octanol–water partition coefficient (Wildman–Crippen LogP) is 0.476. The Bertz CT molecular complexity index is 439. The number of H-pyrrole nitrogens is 1. The summed E-state index contributed by atoms with van der Waals surface area (Å²) in [6.45, 7) is 0. The third kappa shape index (κ3) is 1.83. The molecule has 0 aliphatic rings. The SMILES string of the molecule is CN(C(=O)c1ccccc1)c1nnn[nH]1. The Morgan fingerprint density at radius 3 is 2.67 bits per heavy atom. The lowest BCUT2D eigenvalue weighted by atomic mass is 10.2. The van der Waals surface area contributed by atoms with Crippen molar-refractivity contribution in [1.82, 2.24) is 20.6 Å². The molecule has 0 aliphatic carbocycles. The molecule has 1 heterocycles. The van der Waals surface area contributed by atoms with Crippen LogP contribution in [-0.4, -0.2) is 33.6 Å². The minimum atomic E-state index is -0.158. The molecule has 6 heteroatoms. The second-order valence-corrected chi connectivity index (χ2v) is 2.96. The first-order chi connectivity index (χ1) is 7.29. The molecule has 0 unspecified atom stereocenters. The lowest BCUT2D eigenvalue weighted by Crippen LogP contribution is -2.27. The van der Waals surface area contributed by atoms with E-state index in [1.807, 2.05) is 6.07 Å². The summed E-state index contributed by atoms with van der Waals surface area (Å²) in [5, 5.41) is 13.0. The van der Waals surface area contributed by atoms with Crippen molar-refractivity contribution in [1.29, 1.82) is 0 Å². The number of tetrazole rings is 1. The van der Waals surface area contributed by atoms with E-state index < -0.39 is 0 Å². The largest absolute Gasteiger partial charge is 0.279 e. The molecule has 0 spiro atoms. The molecule has 0 saturated heterocycles. The number of hydrogen-bond acceptors (Lipinski definition) is 4. The van der Waals surface area contributed by atoms with E-state index in [4.69, 9.17) is 0 Å². The summed E-state index contributed by atoms with van der Waals surface area (Å²) in [6, 6.07) is 8.94. The fourth-order valence-electron chi connectivity index (χ4n) is 1.17. The van der Waals surface area contributed by atoms with Crippen LogP contribution >= 0.6 is 0 Å². The van der Waals surface area contributed by atoms with Gasteiger partial charge in [0, 0.05) is 12.6 Å². The van der Waals surface area contributed by atoms with Crippen LogP contribution in [0.25, 0.3) is 0 Å². The minimum absolute atomic E-state index is 0.158. The zero-order chi connectivity index (χ0) is 10.7. The number of anilines is 1. The van der Waals surface area contributed by atoms with E-state index in [1.54, 1.807) is 31.3 Å². The van der Waals surface area contributed by atoms with Gasteiger partial charge in [-0.15, -0.1) is 0 Å². The van der Waals surface area contributed by atoms with Gasteiger partial charge >= 0.3 is 0 Å². The molecule has 76 valence electrons. The van der Waals surface area contributed by atoms with Gasteiger partial charge in [-0.1, -0.05) is 23.3 Å². The Labute approximate surface area is 85.9 Å². The second-order valence-electron chi connectivity index (χ2n) is 2.96. The van der Waals surface area contributed by atoms with Gasteiger partial charge in [-0.05, 0) is 22.6 Å². The molecule has 0 atom stereocenters. The van der Waals surface area contributed by atoms with Crippen molar-refractivity contribution in [3.05, 3.63) is 35.9 Å². The monoisotopic (exact) mass is 203 g/mol. The minimum Gasteiger partial charge on any atom is -0.279 e. The molecule has 0 fully saturated rings. The summed E-state index contributed by atoms with van der Waals surface area (Å²) < 4.78 is 0. The molecule has 6 nitrogen and oxygen atoms in total. The Morgan fingerprint density at radius 2 is 2.07 bits per heavy atom. The molecular weight excluding hydrogens is 194 g/mol. The van der Waals surface area contributed by atoms with Crippen LogP contribution < -0.4 is 4.90 Å². The van der Waals surface area contributed by atoms with Gasteiger partial charge < -0.3 is 0 Å². The lowest BCUT2D eigenvalue weighted by Gasteiger charge is -2.12. The summed E-state index contributed by atoms with van der Waals surface area (Å²) in [6.07, 6.45) is 0. The quantitative estimate of drug-likeness (QED) is 0.770. The zero-order valence-corrected chi connectivity index (χ0v) is 8.08. The van der Waals surface area contributed by atoms with Crippen molar-refractivity contribution in [3.8, 4) is 0 Å². The van der Waals surface area contributed by atoms with Crippen LogP contribution in [0.4, 0.5) is 5.95 Å². The van der Waals surface area contributed by atoms with Crippen molar-refractivity contribution in [2.24, 2.45) is 0 Å². The fourth-order valence-corrected chi connectivity index (χ4v) is 1.17. The zero-order valence-electron chi connectivity index (χ0n) is 8.08. The van der Waals surface area contributed by atoms with E-state index in [0.717, 1.165) is 0 Å². The summed E-state index contributed by atoms with van der Waals surface area (Å²) in [5.41, 5.74) is 0.594. The van der Waals surface area contributed by atoms with E-state index >= 15 is 0 Å². The number of aromatic nitrogens is 4. The van der Waals surface area contributed by atoms with Crippen LogP contribution in [0.2, 0.25) is 0 Å². The maximum absolute atomic E-state index is 11.9. The maximum Gasteiger partial charge on any atom is 0.260 e. The van der Waals surface area contributed by atoms with Crippen LogP contribution in [0, 0.1) is 0 Å². The highest BCUT2D eigenvalue weighted by Crippen LogP contribution is 2.07. The average molecular weight is 203 g/mol. The Morgan fingerprint density at radius 1 is 1.33 bits per heavy atom. The molecule has 0 bridgehead atoms. The van der Waals surface area contributed by atoms with Crippen molar-refractivity contribution >= 4 is 11.9 Å². The van der Waals surface area contributed by atoms with Crippen LogP contribution in [0.5, 0.6) is 0 Å². The van der Waals surface area contributed by atoms with Crippen LogP contribution in [-0.2, 0) is 0 Å². The van der Waals surface area contributed by atoms with Crippen molar-refractivity contribution in [3.63, 3.8) is 0 Å². The number of aromatic amines is 1. The second kappa shape index (κ2) is 3.87. The van der Waals surface area contributed by atoms with E-state index in [2.05, 4.69) is 20.6 Å². The number of carbonyl (C=O) groups is 1. The number of nitrogens with zero attached hydrogens (tertiary/aromatic N) is 4. The summed E-state index contributed by atoms with van der Waals surface area (Å²) in [5.74, 6) is 0.165. The van der Waals surface area contributed by atoms with Gasteiger partial charge in [0.25, 0.3) is 5.91 Å². The molecule has 2 aromatic rings. The molecule has 0 aliphatic heterocycles.